The topological polar surface area (TPSA) is 150 Å². The third kappa shape index (κ3) is 5.60. The summed E-state index contributed by atoms with van der Waals surface area (Å²) in [6.45, 7) is 5.15. The molecule has 2 aliphatic heterocycles. The number of carbonyl (C=O) groups is 2. The van der Waals surface area contributed by atoms with Gasteiger partial charge in [-0.1, -0.05) is 5.21 Å². The average molecular weight is 470 g/mol. The van der Waals surface area contributed by atoms with Crippen molar-refractivity contribution in [3.8, 4) is 11.5 Å². The van der Waals surface area contributed by atoms with Crippen molar-refractivity contribution in [3.63, 3.8) is 0 Å². The molecule has 0 aliphatic carbocycles. The van der Waals surface area contributed by atoms with Gasteiger partial charge in [0.05, 0.1) is 11.9 Å². The predicted octanol–water partition coefficient (Wildman–Crippen LogP) is -0.613. The number of aromatic carboxylic acids is 1. The first-order valence-corrected chi connectivity index (χ1v) is 11.2. The van der Waals surface area contributed by atoms with Gasteiger partial charge in [-0.15, -0.1) is 5.10 Å². The van der Waals surface area contributed by atoms with Crippen LogP contribution in [0.2, 0.25) is 6.32 Å². The summed E-state index contributed by atoms with van der Waals surface area (Å²) in [5, 5.41) is 31.3. The van der Waals surface area contributed by atoms with E-state index in [9.17, 15) is 24.5 Å². The van der Waals surface area contributed by atoms with Gasteiger partial charge in [-0.2, -0.15) is 0 Å². The number of aryl methyl sites for hydroxylation is 1. The average Bonchev–Trinajstić information content (AvgIpc) is 3.22. The second-order valence-electron chi connectivity index (χ2n) is 8.43. The fourth-order valence-corrected chi connectivity index (χ4v) is 4.06. The molecule has 3 N–H and O–H groups in total. The number of hydrogen-bond acceptors (Lipinski definition) is 9. The molecule has 2 saturated heterocycles. The monoisotopic (exact) mass is 470 g/mol. The molecule has 0 spiro atoms. The van der Waals surface area contributed by atoms with E-state index in [4.69, 9.17) is 4.74 Å². The second-order valence-corrected chi connectivity index (χ2v) is 8.43. The molecule has 0 radical (unpaired) electrons. The number of phenols is 1. The van der Waals surface area contributed by atoms with Gasteiger partial charge in [0.2, 0.25) is 0 Å². The van der Waals surface area contributed by atoms with Crippen LogP contribution in [0.25, 0.3) is 0 Å². The van der Waals surface area contributed by atoms with E-state index in [1.807, 2.05) is 0 Å². The van der Waals surface area contributed by atoms with Crippen molar-refractivity contribution in [1.82, 2.24) is 30.1 Å². The van der Waals surface area contributed by atoms with Crippen LogP contribution in [0, 0.1) is 0 Å². The molecule has 2 fully saturated rings. The molecule has 0 saturated carbocycles. The molecular formula is C21H27BN6O6. The molecule has 2 aromatic rings. The van der Waals surface area contributed by atoms with Crippen molar-refractivity contribution in [3.05, 3.63) is 35.2 Å². The Bertz CT molecular complexity index is 1050. The van der Waals surface area contributed by atoms with Crippen LogP contribution < -0.4 is 10.1 Å². The number of carbonyl (C=O) groups excluding carboxylic acids is 1. The molecule has 0 atom stereocenters. The first kappa shape index (κ1) is 23.8. The Hall–Kier alpha value is -3.32. The maximum absolute atomic E-state index is 12.6. The van der Waals surface area contributed by atoms with Gasteiger partial charge >= 0.3 is 126 Å². The quantitative estimate of drug-likeness (QED) is 0.384. The van der Waals surface area contributed by atoms with E-state index >= 15 is 0 Å². The molecule has 3 heterocycles. The Kier molecular flexibility index (Phi) is 7.53. The molecule has 2 aliphatic rings. The SMILES string of the molecule is O=BCCc1ccc(OC2CN(C(=O)Cn3cc(CN4CCNCC4)nn3)C2)c(C(=O)O)c1O. The van der Waals surface area contributed by atoms with E-state index in [1.54, 1.807) is 17.2 Å². The number of likely N-dealkylation sites (tertiary alicyclic amines) is 1. The molecule has 4 rings (SSSR count). The molecule has 34 heavy (non-hydrogen) atoms. The Morgan fingerprint density at radius 3 is 2.71 bits per heavy atom. The Labute approximate surface area is 196 Å². The third-order valence-electron chi connectivity index (χ3n) is 5.94. The van der Waals surface area contributed by atoms with E-state index in [-0.39, 0.29) is 42.6 Å². The van der Waals surface area contributed by atoms with Crippen LogP contribution in [0.4, 0.5) is 0 Å². The molecule has 13 heteroatoms. The number of rotatable bonds is 10. The number of aromatic hydroxyl groups is 1. The maximum atomic E-state index is 12.6. The van der Waals surface area contributed by atoms with Gasteiger partial charge in [-0.25, -0.2) is 4.68 Å². The fraction of sp³-hybridized carbons (Fsp3) is 0.524. The van der Waals surface area contributed by atoms with Gasteiger partial charge in [0.25, 0.3) is 0 Å². The summed E-state index contributed by atoms with van der Waals surface area (Å²) in [5.74, 6) is -1.83. The molecule has 1 aromatic carbocycles. The summed E-state index contributed by atoms with van der Waals surface area (Å²) in [5.41, 5.74) is 0.844. The van der Waals surface area contributed by atoms with Crippen LogP contribution in [-0.2, 0) is 29.0 Å². The Morgan fingerprint density at radius 2 is 2.00 bits per heavy atom. The molecule has 0 bridgehead atoms. The van der Waals surface area contributed by atoms with E-state index in [1.165, 1.54) is 10.7 Å². The molecule has 12 nitrogen and oxygen atoms in total. The number of carboxylic acids is 1. The van der Waals surface area contributed by atoms with Crippen molar-refractivity contribution in [2.75, 3.05) is 39.3 Å². The zero-order valence-electron chi connectivity index (χ0n) is 18.7. The van der Waals surface area contributed by atoms with Crippen molar-refractivity contribution in [2.45, 2.75) is 31.9 Å². The van der Waals surface area contributed by atoms with Crippen molar-refractivity contribution < 1.29 is 29.2 Å². The molecule has 180 valence electrons. The Morgan fingerprint density at radius 1 is 1.24 bits per heavy atom. The summed E-state index contributed by atoms with van der Waals surface area (Å²) in [4.78, 5) is 28.1. The van der Waals surface area contributed by atoms with Crippen molar-refractivity contribution >= 4 is 19.0 Å². The van der Waals surface area contributed by atoms with Crippen LogP contribution in [0.3, 0.4) is 0 Å². The number of carboxylic acid groups (broad SMARTS) is 1. The summed E-state index contributed by atoms with van der Waals surface area (Å²) < 4.78 is 17.9. The number of ether oxygens (including phenoxy) is 1. The zero-order valence-corrected chi connectivity index (χ0v) is 18.7. The molecule has 1 aromatic heterocycles. The molecule has 0 unspecified atom stereocenters. The van der Waals surface area contributed by atoms with Crippen molar-refractivity contribution in [2.24, 2.45) is 0 Å². The van der Waals surface area contributed by atoms with Crippen LogP contribution >= 0.6 is 0 Å². The number of aromatic nitrogens is 3. The van der Waals surface area contributed by atoms with E-state index in [0.29, 0.717) is 32.3 Å². The van der Waals surface area contributed by atoms with Gasteiger partial charge in [-0.3, -0.25) is 4.90 Å². The van der Waals surface area contributed by atoms with E-state index in [2.05, 4.69) is 20.5 Å². The standard InChI is InChI=1S/C21H27BN6O6/c29-18(13-28-10-15(24-25-28)9-26-7-5-23-6-8-26)27-11-16(12-27)34-17-2-1-14(3-4-22-33)20(30)19(17)21(31)32/h1-2,10,16,23,30H,3-9,11-13H2,(H,31,32). The Balaban J connectivity index is 1.29. The normalized spacial score (nSPS) is 16.6. The van der Waals surface area contributed by atoms with Gasteiger partial charge in [-0.05, 0) is 0 Å². The first-order valence-electron chi connectivity index (χ1n) is 11.2. The number of benzene rings is 1. The summed E-state index contributed by atoms with van der Waals surface area (Å²) in [6.07, 6.45) is 1.80. The van der Waals surface area contributed by atoms with Gasteiger partial charge in [0.15, 0.2) is 0 Å². The van der Waals surface area contributed by atoms with Gasteiger partial charge in [0, 0.05) is 32.7 Å². The number of nitrogens with zero attached hydrogens (tertiary/aromatic N) is 5. The zero-order chi connectivity index (χ0) is 24.1. The summed E-state index contributed by atoms with van der Waals surface area (Å²) in [6, 6.07) is 3.02. The van der Waals surface area contributed by atoms with Crippen LogP contribution in [0.5, 0.6) is 11.5 Å². The number of amides is 1. The summed E-state index contributed by atoms with van der Waals surface area (Å²) >= 11 is 0. The first-order chi connectivity index (χ1) is 16.4. The molecular weight excluding hydrogens is 443 g/mol. The number of nitrogens with one attached hydrogen (secondary N) is 1. The van der Waals surface area contributed by atoms with Crippen molar-refractivity contribution in [1.29, 1.82) is 0 Å². The minimum atomic E-state index is -1.32. The molecule has 1 amide bonds. The number of piperazine rings is 1. The fourth-order valence-electron chi connectivity index (χ4n) is 4.06. The van der Waals surface area contributed by atoms with Gasteiger partial charge in [0.1, 0.15) is 0 Å². The second kappa shape index (κ2) is 10.7. The number of hydrogen-bond donors (Lipinski definition) is 3. The minimum absolute atomic E-state index is 0.0331. The van der Waals surface area contributed by atoms with Gasteiger partial charge < -0.3 is 5.32 Å². The van der Waals surface area contributed by atoms with E-state index < -0.39 is 11.7 Å². The van der Waals surface area contributed by atoms with Crippen LogP contribution in [-0.4, -0.2) is 99.4 Å². The summed E-state index contributed by atoms with van der Waals surface area (Å²) in [7, 11) is 0.705. The predicted molar refractivity (Wildman–Crippen MR) is 119 cm³/mol. The third-order valence-corrected chi connectivity index (χ3v) is 5.94. The van der Waals surface area contributed by atoms with Crippen LogP contribution in [0.1, 0.15) is 21.6 Å². The van der Waals surface area contributed by atoms with Crippen LogP contribution in [0.15, 0.2) is 18.3 Å². The van der Waals surface area contributed by atoms with E-state index in [0.717, 1.165) is 31.9 Å².